The summed E-state index contributed by atoms with van der Waals surface area (Å²) in [6, 6.07) is 0. The number of hydrogen-bond acceptors (Lipinski definition) is 3. The predicted molar refractivity (Wildman–Crippen MR) is 55.2 cm³/mol. The Bertz CT molecular complexity index is 237. The Kier molecular flexibility index (Phi) is 4.18. The maximum absolute atomic E-state index is 11.4. The summed E-state index contributed by atoms with van der Waals surface area (Å²) in [6.07, 6.45) is 0. The highest BCUT2D eigenvalue weighted by Gasteiger charge is 2.58. The van der Waals surface area contributed by atoms with Gasteiger partial charge in [0.2, 0.25) is 0 Å². The van der Waals surface area contributed by atoms with Crippen LogP contribution in [-0.2, 0) is 14.3 Å². The number of halogens is 4. The van der Waals surface area contributed by atoms with Gasteiger partial charge in [-0.05, 0) is 6.92 Å². The summed E-state index contributed by atoms with van der Waals surface area (Å²) in [5, 5.41) is -3.44. The minimum Gasteiger partial charge on any atom is -0.463 e. The van der Waals surface area contributed by atoms with E-state index < -0.39 is 27.3 Å². The molecule has 1 fully saturated rings. The zero-order valence-electron chi connectivity index (χ0n) is 7.18. The SMILES string of the molecule is CCOC(=O)C1(Cl)OC(Cl)C(Cl)C1Cl. The monoisotopic (exact) mass is 280 g/mol. The van der Waals surface area contributed by atoms with Crippen molar-refractivity contribution in [3.63, 3.8) is 0 Å². The number of carbonyl (C=O) groups excluding carboxylic acids is 1. The van der Waals surface area contributed by atoms with Gasteiger partial charge in [0.15, 0.2) is 5.56 Å². The van der Waals surface area contributed by atoms with Crippen molar-refractivity contribution in [1.82, 2.24) is 0 Å². The molecule has 1 aliphatic heterocycles. The van der Waals surface area contributed by atoms with E-state index >= 15 is 0 Å². The molecule has 1 saturated heterocycles. The molecule has 14 heavy (non-hydrogen) atoms. The van der Waals surface area contributed by atoms with Crippen LogP contribution < -0.4 is 0 Å². The smallest absolute Gasteiger partial charge is 0.356 e. The molecule has 7 heteroatoms. The Labute approximate surface area is 102 Å². The molecule has 0 aliphatic carbocycles. The number of rotatable bonds is 2. The number of ether oxygens (including phenoxy) is 2. The first-order valence-corrected chi connectivity index (χ1v) is 5.58. The second kappa shape index (κ2) is 4.62. The van der Waals surface area contributed by atoms with Crippen molar-refractivity contribution in [2.24, 2.45) is 0 Å². The summed E-state index contributed by atoms with van der Waals surface area (Å²) in [7, 11) is 0. The van der Waals surface area contributed by atoms with E-state index in [1.807, 2.05) is 0 Å². The molecule has 0 N–H and O–H groups in total. The largest absolute Gasteiger partial charge is 0.463 e. The molecule has 0 spiro atoms. The molecule has 1 heterocycles. The van der Waals surface area contributed by atoms with Crippen LogP contribution in [0.1, 0.15) is 6.92 Å². The molecule has 0 radical (unpaired) electrons. The van der Waals surface area contributed by atoms with Crippen LogP contribution in [0.5, 0.6) is 0 Å². The lowest BCUT2D eigenvalue weighted by atomic mass is 10.2. The number of alkyl halides is 4. The van der Waals surface area contributed by atoms with E-state index in [9.17, 15) is 4.79 Å². The molecule has 0 amide bonds. The second-order valence-corrected chi connectivity index (χ2v) is 4.65. The van der Waals surface area contributed by atoms with Gasteiger partial charge < -0.3 is 9.47 Å². The Morgan fingerprint density at radius 3 is 2.43 bits per heavy atom. The molecule has 0 saturated carbocycles. The normalized spacial score (nSPS) is 42.5. The summed E-state index contributed by atoms with van der Waals surface area (Å²) in [5.41, 5.74) is -0.902. The first kappa shape index (κ1) is 12.7. The van der Waals surface area contributed by atoms with Crippen molar-refractivity contribution in [2.75, 3.05) is 6.61 Å². The fourth-order valence-corrected chi connectivity index (χ4v) is 2.28. The molecule has 3 nitrogen and oxygen atoms in total. The van der Waals surface area contributed by atoms with Crippen LogP contribution >= 0.6 is 46.4 Å². The molecule has 82 valence electrons. The van der Waals surface area contributed by atoms with Crippen molar-refractivity contribution < 1.29 is 14.3 Å². The van der Waals surface area contributed by atoms with Crippen LogP contribution in [0.2, 0.25) is 0 Å². The molecule has 1 rings (SSSR count). The summed E-state index contributed by atoms with van der Waals surface area (Å²) in [6.45, 7) is 1.83. The number of esters is 1. The maximum Gasteiger partial charge on any atom is 0.356 e. The average Bonchev–Trinajstić information content (AvgIpc) is 2.32. The fraction of sp³-hybridized carbons (Fsp3) is 0.857. The van der Waals surface area contributed by atoms with Crippen LogP contribution in [0.4, 0.5) is 0 Å². The van der Waals surface area contributed by atoms with Gasteiger partial charge in [-0.3, -0.25) is 0 Å². The Balaban J connectivity index is 2.80. The zero-order chi connectivity index (χ0) is 10.9. The molecular formula is C7H8Cl4O3. The quantitative estimate of drug-likeness (QED) is 0.576. The van der Waals surface area contributed by atoms with E-state index in [-0.39, 0.29) is 6.61 Å². The van der Waals surface area contributed by atoms with E-state index in [0.717, 1.165) is 0 Å². The van der Waals surface area contributed by atoms with Gasteiger partial charge in [-0.1, -0.05) is 23.2 Å². The third-order valence-electron chi connectivity index (χ3n) is 1.72. The van der Waals surface area contributed by atoms with Crippen LogP contribution in [0.25, 0.3) is 0 Å². The number of hydrogen-bond donors (Lipinski definition) is 0. The molecule has 0 bridgehead atoms. The minimum atomic E-state index is -1.78. The Hall–Kier alpha value is 0.590. The molecular weight excluding hydrogens is 274 g/mol. The van der Waals surface area contributed by atoms with Crippen molar-refractivity contribution in [1.29, 1.82) is 0 Å². The van der Waals surface area contributed by atoms with Gasteiger partial charge in [0.1, 0.15) is 5.38 Å². The maximum atomic E-state index is 11.4. The highest BCUT2D eigenvalue weighted by molar-refractivity contribution is 6.44. The van der Waals surface area contributed by atoms with Gasteiger partial charge in [0, 0.05) is 0 Å². The Morgan fingerprint density at radius 1 is 1.50 bits per heavy atom. The van der Waals surface area contributed by atoms with Crippen LogP contribution in [0.3, 0.4) is 0 Å². The van der Waals surface area contributed by atoms with Crippen molar-refractivity contribution in [3.8, 4) is 0 Å². The van der Waals surface area contributed by atoms with Gasteiger partial charge >= 0.3 is 5.97 Å². The third kappa shape index (κ3) is 2.07. The zero-order valence-corrected chi connectivity index (χ0v) is 10.2. The van der Waals surface area contributed by atoms with Crippen LogP contribution in [0.15, 0.2) is 0 Å². The van der Waals surface area contributed by atoms with Gasteiger partial charge in [0.25, 0.3) is 5.06 Å². The van der Waals surface area contributed by atoms with Crippen LogP contribution in [-0.4, -0.2) is 34.0 Å². The lowest BCUT2D eigenvalue weighted by Crippen LogP contribution is -2.42. The lowest BCUT2D eigenvalue weighted by molar-refractivity contribution is -0.158. The van der Waals surface area contributed by atoms with Gasteiger partial charge in [-0.15, -0.1) is 23.2 Å². The highest BCUT2D eigenvalue weighted by atomic mass is 35.5. The minimum absolute atomic E-state index is 0.181. The van der Waals surface area contributed by atoms with E-state index in [4.69, 9.17) is 55.9 Å². The molecule has 4 unspecified atom stereocenters. The van der Waals surface area contributed by atoms with E-state index in [0.29, 0.717) is 0 Å². The van der Waals surface area contributed by atoms with Gasteiger partial charge in [-0.25, -0.2) is 4.79 Å². The molecule has 4 atom stereocenters. The highest BCUT2D eigenvalue weighted by Crippen LogP contribution is 2.43. The summed E-state index contributed by atoms with van der Waals surface area (Å²) in [4.78, 5) is 11.4. The summed E-state index contributed by atoms with van der Waals surface area (Å²) in [5.74, 6) is -0.768. The lowest BCUT2D eigenvalue weighted by Gasteiger charge is -2.21. The van der Waals surface area contributed by atoms with E-state index in [2.05, 4.69) is 0 Å². The molecule has 1 aliphatic rings. The molecule has 0 aromatic rings. The summed E-state index contributed by atoms with van der Waals surface area (Å²) < 4.78 is 9.68. The molecule has 0 aromatic heterocycles. The number of carbonyl (C=O) groups is 1. The van der Waals surface area contributed by atoms with Gasteiger partial charge in [-0.2, -0.15) is 0 Å². The first-order chi connectivity index (χ1) is 6.43. The standard InChI is InChI=1S/C7H8Cl4O3/c1-2-13-6(12)7(11)4(9)3(8)5(10)14-7/h3-5H,2H2,1H3. The van der Waals surface area contributed by atoms with Crippen molar-refractivity contribution in [2.45, 2.75) is 28.3 Å². The predicted octanol–water partition coefficient (Wildman–Crippen LogP) is 2.29. The average molecular weight is 282 g/mol. The Morgan fingerprint density at radius 2 is 2.07 bits per heavy atom. The molecule has 0 aromatic carbocycles. The second-order valence-electron chi connectivity index (χ2n) is 2.68. The van der Waals surface area contributed by atoms with E-state index in [1.165, 1.54) is 0 Å². The van der Waals surface area contributed by atoms with Crippen molar-refractivity contribution in [3.05, 3.63) is 0 Å². The van der Waals surface area contributed by atoms with Crippen molar-refractivity contribution >= 4 is 52.4 Å². The van der Waals surface area contributed by atoms with Crippen LogP contribution in [0, 0.1) is 0 Å². The van der Waals surface area contributed by atoms with Gasteiger partial charge in [0.05, 0.1) is 12.0 Å². The summed E-state index contributed by atoms with van der Waals surface area (Å²) >= 11 is 23.1. The topological polar surface area (TPSA) is 35.5 Å². The van der Waals surface area contributed by atoms with E-state index in [1.54, 1.807) is 6.92 Å². The fourth-order valence-electron chi connectivity index (χ4n) is 1.02. The first-order valence-electron chi connectivity index (χ1n) is 3.89. The third-order valence-corrected chi connectivity index (χ3v) is 3.99.